The maximum atomic E-state index is 12.1. The Bertz CT molecular complexity index is 576. The van der Waals surface area contributed by atoms with Crippen molar-refractivity contribution in [2.75, 3.05) is 19.6 Å². The number of likely N-dealkylation sites (tertiary alicyclic amines) is 1. The van der Waals surface area contributed by atoms with Crippen LogP contribution in [0.4, 0.5) is 4.79 Å². The van der Waals surface area contributed by atoms with Crippen molar-refractivity contribution in [1.29, 1.82) is 0 Å². The van der Waals surface area contributed by atoms with E-state index in [0.29, 0.717) is 18.8 Å². The van der Waals surface area contributed by atoms with Gasteiger partial charge in [0.1, 0.15) is 11.3 Å². The van der Waals surface area contributed by atoms with Crippen LogP contribution in [0.5, 0.6) is 0 Å². The number of aliphatic hydroxyl groups excluding tert-OH is 1. The maximum Gasteiger partial charge on any atom is 0.410 e. The molecule has 2 atom stereocenters. The molecule has 23 heavy (non-hydrogen) atoms. The van der Waals surface area contributed by atoms with E-state index >= 15 is 0 Å². The van der Waals surface area contributed by atoms with Crippen molar-refractivity contribution in [3.63, 3.8) is 0 Å². The molecule has 2 amide bonds. The molecular weight excluding hydrogens is 298 g/mol. The first kappa shape index (κ1) is 17.3. The third-order valence-electron chi connectivity index (χ3n) is 3.76. The Morgan fingerprint density at radius 2 is 2.09 bits per heavy atom. The second-order valence-electron chi connectivity index (χ2n) is 6.93. The van der Waals surface area contributed by atoms with E-state index in [0.717, 1.165) is 0 Å². The first-order valence-electron chi connectivity index (χ1n) is 7.73. The summed E-state index contributed by atoms with van der Waals surface area (Å²) < 4.78 is 7.03. The lowest BCUT2D eigenvalue weighted by Gasteiger charge is -2.24. The van der Waals surface area contributed by atoms with Crippen LogP contribution >= 0.6 is 0 Å². The summed E-state index contributed by atoms with van der Waals surface area (Å²) in [4.78, 5) is 25.6. The smallest absolute Gasteiger partial charge is 0.410 e. The number of aromatic nitrogens is 1. The molecule has 0 bridgehead atoms. The molecule has 1 aliphatic heterocycles. The molecule has 1 aromatic rings. The predicted molar refractivity (Wildman–Crippen MR) is 85.1 cm³/mol. The van der Waals surface area contributed by atoms with Gasteiger partial charge in [-0.2, -0.15) is 0 Å². The number of aryl methyl sites for hydroxylation is 1. The fourth-order valence-corrected chi connectivity index (χ4v) is 2.54. The molecule has 2 N–H and O–H groups in total. The number of hydrogen-bond acceptors (Lipinski definition) is 4. The summed E-state index contributed by atoms with van der Waals surface area (Å²) in [6, 6.07) is 3.52. The number of nitrogens with zero attached hydrogens (tertiary/aromatic N) is 2. The van der Waals surface area contributed by atoms with Crippen molar-refractivity contribution in [3.8, 4) is 0 Å². The van der Waals surface area contributed by atoms with Gasteiger partial charge >= 0.3 is 6.09 Å². The number of hydrogen-bond donors (Lipinski definition) is 2. The Morgan fingerprint density at radius 1 is 1.39 bits per heavy atom. The minimum absolute atomic E-state index is 0.194. The average Bonchev–Trinajstić information content (AvgIpc) is 3.00. The van der Waals surface area contributed by atoms with Gasteiger partial charge in [-0.05, 0) is 32.9 Å². The van der Waals surface area contributed by atoms with Crippen molar-refractivity contribution < 1.29 is 19.4 Å². The molecule has 1 saturated heterocycles. The van der Waals surface area contributed by atoms with Crippen LogP contribution in [0.15, 0.2) is 18.3 Å². The molecule has 0 spiro atoms. The monoisotopic (exact) mass is 323 g/mol. The second kappa shape index (κ2) is 6.62. The first-order chi connectivity index (χ1) is 10.7. The maximum absolute atomic E-state index is 12.1. The molecule has 2 heterocycles. The third-order valence-corrected chi connectivity index (χ3v) is 3.76. The fourth-order valence-electron chi connectivity index (χ4n) is 2.54. The molecular formula is C16H25N3O4. The van der Waals surface area contributed by atoms with Crippen molar-refractivity contribution in [2.45, 2.75) is 32.5 Å². The number of aliphatic hydroxyl groups is 1. The molecule has 128 valence electrons. The van der Waals surface area contributed by atoms with Gasteiger partial charge in [-0.1, -0.05) is 0 Å². The number of β-amino-alcohol motifs (C(OH)–C–C–N with tert-alkyl or cyclic N) is 1. The zero-order valence-electron chi connectivity index (χ0n) is 14.1. The van der Waals surface area contributed by atoms with Crippen LogP contribution < -0.4 is 5.32 Å². The van der Waals surface area contributed by atoms with Crippen LogP contribution in [0.1, 0.15) is 31.3 Å². The number of rotatable bonds is 3. The SMILES string of the molecule is Cn1cccc1C(=O)NC[C@@H]1CN(C(=O)OC(C)(C)C)C[C@@H]1O. The standard InChI is InChI=1S/C16H25N3O4/c1-16(2,3)23-15(22)19-9-11(13(20)10-19)8-17-14(21)12-6-5-7-18(12)4/h5-7,11,13,20H,8-10H2,1-4H3,(H,17,21)/t11-,13+/m1/s1. The molecule has 1 fully saturated rings. The molecule has 0 radical (unpaired) electrons. The molecule has 2 rings (SSSR count). The summed E-state index contributed by atoms with van der Waals surface area (Å²) in [7, 11) is 1.80. The fraction of sp³-hybridized carbons (Fsp3) is 0.625. The zero-order valence-corrected chi connectivity index (χ0v) is 14.1. The number of nitrogens with one attached hydrogen (secondary N) is 1. The number of ether oxygens (including phenoxy) is 1. The van der Waals surface area contributed by atoms with Crippen molar-refractivity contribution in [3.05, 3.63) is 24.0 Å². The van der Waals surface area contributed by atoms with Crippen LogP contribution in [-0.2, 0) is 11.8 Å². The molecule has 7 nitrogen and oxygen atoms in total. The summed E-state index contributed by atoms with van der Waals surface area (Å²) in [6.07, 6.45) is 0.688. The van der Waals surface area contributed by atoms with Crippen LogP contribution in [-0.4, -0.2) is 57.9 Å². The van der Waals surface area contributed by atoms with E-state index in [2.05, 4.69) is 5.32 Å². The van der Waals surface area contributed by atoms with Gasteiger partial charge in [-0.25, -0.2) is 4.79 Å². The molecule has 0 aliphatic carbocycles. The Labute approximate surface area is 136 Å². The summed E-state index contributed by atoms with van der Waals surface area (Å²) in [6.45, 7) is 6.30. The van der Waals surface area contributed by atoms with Crippen LogP contribution in [0.25, 0.3) is 0 Å². The van der Waals surface area contributed by atoms with Crippen molar-refractivity contribution in [1.82, 2.24) is 14.8 Å². The van der Waals surface area contributed by atoms with E-state index in [1.165, 1.54) is 4.90 Å². The Morgan fingerprint density at radius 3 is 2.65 bits per heavy atom. The van der Waals surface area contributed by atoms with Gasteiger partial charge in [0.25, 0.3) is 5.91 Å². The zero-order chi connectivity index (χ0) is 17.2. The topological polar surface area (TPSA) is 83.8 Å². The Kier molecular flexibility index (Phi) is 4.99. The van der Waals surface area contributed by atoms with E-state index in [4.69, 9.17) is 4.74 Å². The highest BCUT2D eigenvalue weighted by Crippen LogP contribution is 2.19. The molecule has 0 saturated carbocycles. The van der Waals surface area contributed by atoms with Crippen molar-refractivity contribution in [2.24, 2.45) is 13.0 Å². The van der Waals surface area contributed by atoms with E-state index in [9.17, 15) is 14.7 Å². The lowest BCUT2D eigenvalue weighted by molar-refractivity contribution is 0.0269. The van der Waals surface area contributed by atoms with Crippen LogP contribution in [0.2, 0.25) is 0 Å². The highest BCUT2D eigenvalue weighted by Gasteiger charge is 2.36. The Hall–Kier alpha value is -2.02. The lowest BCUT2D eigenvalue weighted by atomic mass is 10.1. The first-order valence-corrected chi connectivity index (χ1v) is 7.73. The van der Waals surface area contributed by atoms with Gasteiger partial charge in [0, 0.05) is 32.3 Å². The minimum Gasteiger partial charge on any atom is -0.444 e. The summed E-state index contributed by atoms with van der Waals surface area (Å²) in [5.41, 5.74) is -0.0116. The van der Waals surface area contributed by atoms with Gasteiger partial charge in [-0.15, -0.1) is 0 Å². The number of carbonyl (C=O) groups excluding carboxylic acids is 2. The summed E-state index contributed by atoms with van der Waals surface area (Å²) in [5.74, 6) is -0.396. The van der Waals surface area contributed by atoms with Gasteiger partial charge in [-0.3, -0.25) is 4.79 Å². The van der Waals surface area contributed by atoms with Gasteiger partial charge < -0.3 is 24.6 Å². The molecule has 1 aliphatic rings. The highest BCUT2D eigenvalue weighted by atomic mass is 16.6. The molecule has 1 aromatic heterocycles. The molecule has 0 aromatic carbocycles. The number of amides is 2. The normalized spacial score (nSPS) is 21.3. The average molecular weight is 323 g/mol. The van der Waals surface area contributed by atoms with E-state index in [-0.39, 0.29) is 18.4 Å². The second-order valence-corrected chi connectivity index (χ2v) is 6.93. The Balaban J connectivity index is 1.86. The largest absolute Gasteiger partial charge is 0.444 e. The highest BCUT2D eigenvalue weighted by molar-refractivity contribution is 5.92. The summed E-state index contributed by atoms with van der Waals surface area (Å²) >= 11 is 0. The predicted octanol–water partition coefficient (Wildman–Crippen LogP) is 0.983. The quantitative estimate of drug-likeness (QED) is 0.868. The van der Waals surface area contributed by atoms with Gasteiger partial charge in [0.15, 0.2) is 0 Å². The van der Waals surface area contributed by atoms with Crippen LogP contribution in [0, 0.1) is 5.92 Å². The van der Waals surface area contributed by atoms with Crippen molar-refractivity contribution >= 4 is 12.0 Å². The van der Waals surface area contributed by atoms with E-state index in [1.807, 2.05) is 0 Å². The van der Waals surface area contributed by atoms with Crippen LogP contribution in [0.3, 0.4) is 0 Å². The van der Waals surface area contributed by atoms with Gasteiger partial charge in [0.2, 0.25) is 0 Å². The molecule has 0 unspecified atom stereocenters. The van der Waals surface area contributed by atoms with E-state index < -0.39 is 17.8 Å². The molecule has 7 heteroatoms. The number of carbonyl (C=O) groups is 2. The summed E-state index contributed by atoms with van der Waals surface area (Å²) in [5, 5.41) is 12.9. The minimum atomic E-state index is -0.670. The lowest BCUT2D eigenvalue weighted by Crippen LogP contribution is -2.37. The third kappa shape index (κ3) is 4.48. The van der Waals surface area contributed by atoms with Gasteiger partial charge in [0.05, 0.1) is 12.6 Å². The van der Waals surface area contributed by atoms with E-state index in [1.54, 1.807) is 50.7 Å².